The minimum atomic E-state index is -0.790. The van der Waals surface area contributed by atoms with E-state index in [-0.39, 0.29) is 12.5 Å². The summed E-state index contributed by atoms with van der Waals surface area (Å²) < 4.78 is 13.5. The van der Waals surface area contributed by atoms with Crippen LogP contribution in [0.2, 0.25) is 10.0 Å². The number of hydrogen-bond acceptors (Lipinski definition) is 2. The van der Waals surface area contributed by atoms with Crippen molar-refractivity contribution in [3.8, 4) is 0 Å². The van der Waals surface area contributed by atoms with Crippen molar-refractivity contribution in [2.75, 3.05) is 4.90 Å². The Labute approximate surface area is 131 Å². The molecule has 0 radical (unpaired) electrons. The molecule has 1 heterocycles. The lowest BCUT2D eigenvalue weighted by Gasteiger charge is -2.19. The highest BCUT2D eigenvalue weighted by atomic mass is 35.5. The van der Waals surface area contributed by atoms with Crippen LogP contribution >= 0.6 is 23.2 Å². The Morgan fingerprint density at radius 1 is 1.19 bits per heavy atom. The van der Waals surface area contributed by atoms with Crippen LogP contribution in [0.4, 0.5) is 10.1 Å². The SMILES string of the molecule is NC1C(=O)N(Cc2c(Cl)cccc2Cl)c2cc(F)ccc21. The van der Waals surface area contributed by atoms with Gasteiger partial charge in [-0.3, -0.25) is 4.79 Å². The maximum absolute atomic E-state index is 13.5. The molecule has 2 aromatic rings. The Morgan fingerprint density at radius 2 is 1.86 bits per heavy atom. The fourth-order valence-electron chi connectivity index (χ4n) is 2.44. The molecule has 0 aromatic heterocycles. The summed E-state index contributed by atoms with van der Waals surface area (Å²) >= 11 is 12.2. The Bertz CT molecular complexity index is 715. The van der Waals surface area contributed by atoms with Gasteiger partial charge in [-0.25, -0.2) is 4.39 Å². The second-order valence-electron chi connectivity index (χ2n) is 4.81. The van der Waals surface area contributed by atoms with Crippen LogP contribution in [-0.4, -0.2) is 5.91 Å². The molecule has 0 fully saturated rings. The van der Waals surface area contributed by atoms with Crippen LogP contribution in [0.15, 0.2) is 36.4 Å². The van der Waals surface area contributed by atoms with Gasteiger partial charge < -0.3 is 10.6 Å². The van der Waals surface area contributed by atoms with E-state index in [1.807, 2.05) is 0 Å². The van der Waals surface area contributed by atoms with Crippen molar-refractivity contribution in [2.24, 2.45) is 5.73 Å². The molecule has 0 saturated carbocycles. The predicted octanol–water partition coefficient (Wildman–Crippen LogP) is 3.68. The molecule has 1 aliphatic rings. The number of benzene rings is 2. The first-order chi connectivity index (χ1) is 9.99. The maximum Gasteiger partial charge on any atom is 0.248 e. The molecule has 0 saturated heterocycles. The smallest absolute Gasteiger partial charge is 0.248 e. The molecule has 1 unspecified atom stereocenters. The monoisotopic (exact) mass is 324 g/mol. The molecular weight excluding hydrogens is 314 g/mol. The number of carbonyl (C=O) groups is 1. The highest BCUT2D eigenvalue weighted by molar-refractivity contribution is 6.36. The molecule has 6 heteroatoms. The minimum Gasteiger partial charge on any atom is -0.316 e. The third kappa shape index (κ3) is 2.39. The number of carbonyl (C=O) groups excluding carboxylic acids is 1. The van der Waals surface area contributed by atoms with E-state index in [0.717, 1.165) is 0 Å². The lowest BCUT2D eigenvalue weighted by Crippen LogP contribution is -2.31. The normalized spacial score (nSPS) is 17.2. The molecule has 2 N–H and O–H groups in total. The second-order valence-corrected chi connectivity index (χ2v) is 5.62. The van der Waals surface area contributed by atoms with Gasteiger partial charge in [0.2, 0.25) is 5.91 Å². The summed E-state index contributed by atoms with van der Waals surface area (Å²) in [5.74, 6) is -0.725. The number of amides is 1. The number of nitrogens with two attached hydrogens (primary N) is 1. The van der Waals surface area contributed by atoms with Crippen LogP contribution in [0.5, 0.6) is 0 Å². The van der Waals surface area contributed by atoms with Gasteiger partial charge in [-0.2, -0.15) is 0 Å². The van der Waals surface area contributed by atoms with Crippen molar-refractivity contribution in [3.63, 3.8) is 0 Å². The molecule has 0 aliphatic carbocycles. The first-order valence-electron chi connectivity index (χ1n) is 6.28. The van der Waals surface area contributed by atoms with Gasteiger partial charge in [-0.05, 0) is 24.3 Å². The Kier molecular flexibility index (Phi) is 3.61. The minimum absolute atomic E-state index is 0.154. The molecular formula is C15H11Cl2FN2O. The number of fused-ring (bicyclic) bond motifs is 1. The molecule has 108 valence electrons. The molecule has 0 spiro atoms. The molecule has 3 nitrogen and oxygen atoms in total. The molecule has 2 aromatic carbocycles. The quantitative estimate of drug-likeness (QED) is 0.915. The average Bonchev–Trinajstić information content (AvgIpc) is 2.67. The third-order valence-electron chi connectivity index (χ3n) is 3.53. The Morgan fingerprint density at radius 3 is 2.52 bits per heavy atom. The summed E-state index contributed by atoms with van der Waals surface area (Å²) in [5.41, 5.74) is 7.55. The van der Waals surface area contributed by atoms with Crippen molar-refractivity contribution in [2.45, 2.75) is 12.6 Å². The number of hydrogen-bond donors (Lipinski definition) is 1. The summed E-state index contributed by atoms with van der Waals surface area (Å²) in [6.45, 7) is 0.154. The topological polar surface area (TPSA) is 46.3 Å². The zero-order chi connectivity index (χ0) is 15.1. The first-order valence-corrected chi connectivity index (χ1v) is 7.04. The lowest BCUT2D eigenvalue weighted by molar-refractivity contribution is -0.119. The fourth-order valence-corrected chi connectivity index (χ4v) is 2.95. The fraction of sp³-hybridized carbons (Fsp3) is 0.133. The van der Waals surface area contributed by atoms with E-state index in [0.29, 0.717) is 26.9 Å². The molecule has 1 amide bonds. The lowest BCUT2D eigenvalue weighted by atomic mass is 10.1. The van der Waals surface area contributed by atoms with Crippen molar-refractivity contribution >= 4 is 34.8 Å². The van der Waals surface area contributed by atoms with Gasteiger partial charge in [0.1, 0.15) is 11.9 Å². The zero-order valence-corrected chi connectivity index (χ0v) is 12.3. The molecule has 0 bridgehead atoms. The average molecular weight is 325 g/mol. The van der Waals surface area contributed by atoms with E-state index in [2.05, 4.69) is 0 Å². The molecule has 1 aliphatic heterocycles. The van der Waals surface area contributed by atoms with Crippen molar-refractivity contribution in [3.05, 3.63) is 63.4 Å². The summed E-state index contributed by atoms with van der Waals surface area (Å²) in [4.78, 5) is 13.7. The van der Waals surface area contributed by atoms with E-state index in [1.54, 1.807) is 18.2 Å². The summed E-state index contributed by atoms with van der Waals surface area (Å²) in [7, 11) is 0. The number of nitrogens with zero attached hydrogens (tertiary/aromatic N) is 1. The summed E-state index contributed by atoms with van der Waals surface area (Å²) in [5, 5.41) is 0.905. The molecule has 3 rings (SSSR count). The summed E-state index contributed by atoms with van der Waals surface area (Å²) in [6.07, 6.45) is 0. The van der Waals surface area contributed by atoms with Crippen molar-refractivity contribution in [1.82, 2.24) is 0 Å². The van der Waals surface area contributed by atoms with Gasteiger partial charge in [0.05, 0.1) is 12.2 Å². The Hall–Kier alpha value is -1.62. The predicted molar refractivity (Wildman–Crippen MR) is 81.0 cm³/mol. The van der Waals surface area contributed by atoms with Gasteiger partial charge >= 0.3 is 0 Å². The number of rotatable bonds is 2. The first kappa shape index (κ1) is 14.3. The van der Waals surface area contributed by atoms with Crippen LogP contribution in [0.3, 0.4) is 0 Å². The third-order valence-corrected chi connectivity index (χ3v) is 4.24. The van der Waals surface area contributed by atoms with Crippen LogP contribution in [0, 0.1) is 5.82 Å². The van der Waals surface area contributed by atoms with E-state index >= 15 is 0 Å². The highest BCUT2D eigenvalue weighted by Crippen LogP contribution is 2.37. The van der Waals surface area contributed by atoms with Crippen LogP contribution < -0.4 is 10.6 Å². The van der Waals surface area contributed by atoms with Crippen LogP contribution in [0.1, 0.15) is 17.2 Å². The van der Waals surface area contributed by atoms with Crippen molar-refractivity contribution < 1.29 is 9.18 Å². The van der Waals surface area contributed by atoms with Gasteiger partial charge in [0, 0.05) is 21.2 Å². The van der Waals surface area contributed by atoms with E-state index in [1.165, 1.54) is 23.1 Å². The zero-order valence-electron chi connectivity index (χ0n) is 10.8. The van der Waals surface area contributed by atoms with Crippen LogP contribution in [0.25, 0.3) is 0 Å². The molecule has 21 heavy (non-hydrogen) atoms. The Balaban J connectivity index is 2.04. The maximum atomic E-state index is 13.5. The standard InChI is InChI=1S/C15H11Cl2FN2O/c16-11-2-1-3-12(17)10(11)7-20-13-6-8(18)4-5-9(13)14(19)15(20)21/h1-6,14H,7,19H2. The second kappa shape index (κ2) is 5.30. The van der Waals surface area contributed by atoms with Gasteiger partial charge in [-0.1, -0.05) is 35.3 Å². The van der Waals surface area contributed by atoms with Gasteiger partial charge in [0.25, 0.3) is 0 Å². The van der Waals surface area contributed by atoms with Gasteiger partial charge in [-0.15, -0.1) is 0 Å². The molecule has 1 atom stereocenters. The van der Waals surface area contributed by atoms with E-state index < -0.39 is 11.9 Å². The van der Waals surface area contributed by atoms with E-state index in [9.17, 15) is 9.18 Å². The largest absolute Gasteiger partial charge is 0.316 e. The van der Waals surface area contributed by atoms with Gasteiger partial charge in [0.15, 0.2) is 0 Å². The van der Waals surface area contributed by atoms with E-state index in [4.69, 9.17) is 28.9 Å². The highest BCUT2D eigenvalue weighted by Gasteiger charge is 2.35. The number of halogens is 3. The number of anilines is 1. The van der Waals surface area contributed by atoms with Crippen LogP contribution in [-0.2, 0) is 11.3 Å². The summed E-state index contributed by atoms with van der Waals surface area (Å²) in [6, 6.07) is 8.43. The van der Waals surface area contributed by atoms with Crippen molar-refractivity contribution in [1.29, 1.82) is 0 Å².